The molecule has 2 aromatic carbocycles. The summed E-state index contributed by atoms with van der Waals surface area (Å²) in [6.07, 6.45) is 3.28. The number of benzene rings is 2. The van der Waals surface area contributed by atoms with Crippen LogP contribution in [0.4, 0.5) is 5.69 Å². The third-order valence-corrected chi connectivity index (χ3v) is 4.57. The van der Waals surface area contributed by atoms with E-state index in [1.807, 2.05) is 13.8 Å². The number of ether oxygens (including phenoxy) is 2. The first kappa shape index (κ1) is 21.8. The van der Waals surface area contributed by atoms with E-state index in [1.54, 1.807) is 42.5 Å². The van der Waals surface area contributed by atoms with Gasteiger partial charge in [-0.15, -0.1) is 0 Å². The lowest BCUT2D eigenvalue weighted by atomic mass is 9.98. The van der Waals surface area contributed by atoms with E-state index in [-0.39, 0.29) is 23.2 Å². The van der Waals surface area contributed by atoms with Gasteiger partial charge in [-0.1, -0.05) is 44.4 Å². The van der Waals surface area contributed by atoms with Crippen molar-refractivity contribution in [2.45, 2.75) is 39.5 Å². The normalized spacial score (nSPS) is 10.6. The van der Waals surface area contributed by atoms with Crippen molar-refractivity contribution in [2.24, 2.45) is 5.92 Å². The fourth-order valence-electron chi connectivity index (χ4n) is 2.93. The molecule has 0 aliphatic rings. The van der Waals surface area contributed by atoms with Gasteiger partial charge in [0.1, 0.15) is 11.5 Å². The Kier molecular flexibility index (Phi) is 8.33. The largest absolute Gasteiger partial charge is 0.497 e. The molecule has 5 nitrogen and oxygen atoms in total. The molecule has 0 bridgehead atoms. The van der Waals surface area contributed by atoms with Crippen molar-refractivity contribution in [1.29, 1.82) is 0 Å². The lowest BCUT2D eigenvalue weighted by Crippen LogP contribution is -2.22. The highest BCUT2D eigenvalue weighted by atomic mass is 35.5. The van der Waals surface area contributed by atoms with Gasteiger partial charge < -0.3 is 14.8 Å². The maximum atomic E-state index is 12.8. The Morgan fingerprint density at radius 2 is 1.79 bits per heavy atom. The van der Waals surface area contributed by atoms with Crippen molar-refractivity contribution in [3.8, 4) is 11.5 Å². The number of carbonyl (C=O) groups is 2. The molecule has 0 aliphatic heterocycles. The van der Waals surface area contributed by atoms with Crippen LogP contribution in [0.5, 0.6) is 11.5 Å². The van der Waals surface area contributed by atoms with Crippen molar-refractivity contribution >= 4 is 29.2 Å². The maximum Gasteiger partial charge on any atom is 0.314 e. The summed E-state index contributed by atoms with van der Waals surface area (Å²) < 4.78 is 10.9. The van der Waals surface area contributed by atoms with Crippen LogP contribution in [0.3, 0.4) is 0 Å². The van der Waals surface area contributed by atoms with E-state index >= 15 is 0 Å². The van der Waals surface area contributed by atoms with E-state index in [4.69, 9.17) is 21.1 Å². The van der Waals surface area contributed by atoms with Gasteiger partial charge in [-0.3, -0.25) is 9.59 Å². The monoisotopic (exact) mass is 403 g/mol. The molecular weight excluding hydrogens is 378 g/mol. The van der Waals surface area contributed by atoms with Crippen molar-refractivity contribution < 1.29 is 19.1 Å². The van der Waals surface area contributed by atoms with Crippen LogP contribution >= 0.6 is 11.6 Å². The summed E-state index contributed by atoms with van der Waals surface area (Å²) in [5.74, 6) is -0.222. The first-order valence-corrected chi connectivity index (χ1v) is 9.82. The van der Waals surface area contributed by atoms with E-state index in [1.165, 1.54) is 7.11 Å². The topological polar surface area (TPSA) is 64.6 Å². The molecule has 0 aliphatic carbocycles. The van der Waals surface area contributed by atoms with Gasteiger partial charge in [0, 0.05) is 16.8 Å². The predicted molar refractivity (Wildman–Crippen MR) is 111 cm³/mol. The maximum absolute atomic E-state index is 12.8. The summed E-state index contributed by atoms with van der Waals surface area (Å²) in [5, 5.41) is 3.29. The zero-order chi connectivity index (χ0) is 20.5. The van der Waals surface area contributed by atoms with Crippen LogP contribution < -0.4 is 14.8 Å². The SMILES string of the molecule is CCCC(CCC)C(=O)Oc1cc(OC)ccc1C(=O)Nc1cccc(Cl)c1. The fraction of sp³-hybridized carbons (Fsp3) is 0.364. The van der Waals surface area contributed by atoms with Crippen LogP contribution in [-0.2, 0) is 4.79 Å². The Hall–Kier alpha value is -2.53. The minimum absolute atomic E-state index is 0.182. The number of nitrogens with one attached hydrogen (secondary N) is 1. The molecule has 2 rings (SSSR count). The molecule has 28 heavy (non-hydrogen) atoms. The Balaban J connectivity index is 2.27. The van der Waals surface area contributed by atoms with Crippen LogP contribution in [0, 0.1) is 5.92 Å². The highest BCUT2D eigenvalue weighted by Crippen LogP contribution is 2.28. The van der Waals surface area contributed by atoms with E-state index in [0.717, 1.165) is 25.7 Å². The molecule has 6 heteroatoms. The van der Waals surface area contributed by atoms with E-state index in [9.17, 15) is 9.59 Å². The Morgan fingerprint density at radius 1 is 1.07 bits per heavy atom. The number of esters is 1. The number of hydrogen-bond acceptors (Lipinski definition) is 4. The molecule has 0 spiro atoms. The predicted octanol–water partition coefficient (Wildman–Crippen LogP) is 5.72. The second kappa shape index (κ2) is 10.7. The van der Waals surface area contributed by atoms with Gasteiger partial charge in [-0.25, -0.2) is 0 Å². The summed E-state index contributed by atoms with van der Waals surface area (Å²) >= 11 is 5.97. The van der Waals surface area contributed by atoms with Gasteiger partial charge in [0.05, 0.1) is 18.6 Å². The molecule has 0 radical (unpaired) electrons. The molecule has 0 saturated carbocycles. The number of rotatable bonds is 9. The van der Waals surface area contributed by atoms with Crippen molar-refractivity contribution in [3.05, 3.63) is 53.1 Å². The second-order valence-corrected chi connectivity index (χ2v) is 6.96. The second-order valence-electron chi connectivity index (χ2n) is 6.52. The number of halogens is 1. The van der Waals surface area contributed by atoms with Crippen molar-refractivity contribution in [3.63, 3.8) is 0 Å². The molecule has 0 fully saturated rings. The third kappa shape index (κ3) is 5.99. The molecule has 0 unspecified atom stereocenters. The van der Waals surface area contributed by atoms with E-state index < -0.39 is 5.91 Å². The fourth-order valence-corrected chi connectivity index (χ4v) is 3.13. The van der Waals surface area contributed by atoms with Crippen molar-refractivity contribution in [1.82, 2.24) is 0 Å². The smallest absolute Gasteiger partial charge is 0.314 e. The Morgan fingerprint density at radius 3 is 2.39 bits per heavy atom. The zero-order valence-corrected chi connectivity index (χ0v) is 17.2. The Labute approximate surface area is 171 Å². The van der Waals surface area contributed by atoms with Gasteiger partial charge in [0.2, 0.25) is 0 Å². The summed E-state index contributed by atoms with van der Waals surface area (Å²) in [6.45, 7) is 4.07. The van der Waals surface area contributed by atoms with Crippen LogP contribution in [0.25, 0.3) is 0 Å². The zero-order valence-electron chi connectivity index (χ0n) is 16.5. The summed E-state index contributed by atoms with van der Waals surface area (Å²) in [6, 6.07) is 11.6. The van der Waals surface area contributed by atoms with Gasteiger partial charge >= 0.3 is 5.97 Å². The lowest BCUT2D eigenvalue weighted by molar-refractivity contribution is -0.139. The highest BCUT2D eigenvalue weighted by molar-refractivity contribution is 6.31. The van der Waals surface area contributed by atoms with Gasteiger partial charge in [-0.2, -0.15) is 0 Å². The molecule has 1 N–H and O–H groups in total. The van der Waals surface area contributed by atoms with Crippen molar-refractivity contribution in [2.75, 3.05) is 12.4 Å². The average molecular weight is 404 g/mol. The van der Waals surface area contributed by atoms with Crippen LogP contribution in [0.15, 0.2) is 42.5 Å². The summed E-state index contributed by atoms with van der Waals surface area (Å²) in [5.41, 5.74) is 0.807. The van der Waals surface area contributed by atoms with Gasteiger partial charge in [-0.05, 0) is 43.2 Å². The lowest BCUT2D eigenvalue weighted by Gasteiger charge is -2.17. The molecule has 1 amide bonds. The van der Waals surface area contributed by atoms with E-state index in [0.29, 0.717) is 16.5 Å². The molecule has 150 valence electrons. The average Bonchev–Trinajstić information content (AvgIpc) is 2.67. The molecule has 2 aromatic rings. The minimum atomic E-state index is -0.393. The van der Waals surface area contributed by atoms with Crippen LogP contribution in [-0.4, -0.2) is 19.0 Å². The Bertz CT molecular complexity index is 816. The number of anilines is 1. The van der Waals surface area contributed by atoms with Crippen LogP contribution in [0.1, 0.15) is 49.9 Å². The number of methoxy groups -OCH3 is 1. The molecule has 0 saturated heterocycles. The molecule has 0 heterocycles. The molecule has 0 aromatic heterocycles. The summed E-state index contributed by atoms with van der Waals surface area (Å²) in [7, 11) is 1.52. The van der Waals surface area contributed by atoms with Gasteiger partial charge in [0.25, 0.3) is 5.91 Å². The third-order valence-electron chi connectivity index (χ3n) is 4.33. The first-order chi connectivity index (χ1) is 13.5. The standard InChI is InChI=1S/C22H26ClNO4/c1-4-7-15(8-5-2)22(26)28-20-14-18(27-3)11-12-19(20)21(25)24-17-10-6-9-16(23)13-17/h6,9-15H,4-5,7-8H2,1-3H3,(H,24,25). The summed E-state index contributed by atoms with van der Waals surface area (Å²) in [4.78, 5) is 25.4. The number of hydrogen-bond donors (Lipinski definition) is 1. The van der Waals surface area contributed by atoms with Gasteiger partial charge in [0.15, 0.2) is 0 Å². The molecule has 0 atom stereocenters. The number of amides is 1. The van der Waals surface area contributed by atoms with E-state index in [2.05, 4.69) is 5.32 Å². The highest BCUT2D eigenvalue weighted by Gasteiger charge is 2.22. The quantitative estimate of drug-likeness (QED) is 0.429. The number of carbonyl (C=O) groups excluding carboxylic acids is 2. The molecular formula is C22H26ClNO4. The van der Waals surface area contributed by atoms with Crippen LogP contribution in [0.2, 0.25) is 5.02 Å². The first-order valence-electron chi connectivity index (χ1n) is 9.45. The minimum Gasteiger partial charge on any atom is -0.497 e.